The number of nitrogens with one attached hydrogen (secondary N) is 1. The van der Waals surface area contributed by atoms with E-state index in [-0.39, 0.29) is 22.9 Å². The number of ether oxygens (including phenoxy) is 1. The van der Waals surface area contributed by atoms with E-state index < -0.39 is 0 Å². The number of nitrogens with zero attached hydrogens (tertiary/aromatic N) is 1. The number of benzene rings is 1. The Hall–Kier alpha value is -1.11. The van der Waals surface area contributed by atoms with Crippen LogP contribution < -0.4 is 10.1 Å². The number of halogens is 1. The van der Waals surface area contributed by atoms with E-state index in [9.17, 15) is 5.11 Å². The number of hydrogen-bond donors (Lipinski definition) is 2. The number of aromatic hydroxyl groups is 1. The molecule has 0 amide bonds. The molecule has 1 aromatic heterocycles. The Morgan fingerprint density at radius 3 is 2.70 bits per heavy atom. The summed E-state index contributed by atoms with van der Waals surface area (Å²) in [6.07, 6.45) is 1.05. The summed E-state index contributed by atoms with van der Waals surface area (Å²) in [4.78, 5) is 1.06. The molecule has 3 rings (SSSR count). The highest BCUT2D eigenvalue weighted by atomic mass is 79.9. The van der Waals surface area contributed by atoms with Gasteiger partial charge in [0.05, 0.1) is 12.0 Å². The number of hydrogen-bond acceptors (Lipinski definition) is 5. The molecule has 0 saturated carbocycles. The Morgan fingerprint density at radius 1 is 1.35 bits per heavy atom. The molecule has 0 bridgehead atoms. The van der Waals surface area contributed by atoms with Crippen LogP contribution in [0.1, 0.15) is 17.9 Å². The van der Waals surface area contributed by atoms with Gasteiger partial charge in [-0.15, -0.1) is 17.0 Å². The lowest BCUT2D eigenvalue weighted by Gasteiger charge is -2.10. The average Bonchev–Trinajstić information content (AvgIpc) is 3.08. The lowest BCUT2D eigenvalue weighted by atomic mass is 9.96. The summed E-state index contributed by atoms with van der Waals surface area (Å²) < 4.78 is 9.29. The number of methoxy groups -OCH3 is 1. The van der Waals surface area contributed by atoms with Crippen LogP contribution in [-0.4, -0.2) is 29.7 Å². The first kappa shape index (κ1) is 15.3. The van der Waals surface area contributed by atoms with Crippen molar-refractivity contribution in [3.05, 3.63) is 29.8 Å². The smallest absolute Gasteiger partial charge is 0.226 e. The summed E-state index contributed by atoms with van der Waals surface area (Å²) in [6, 6.07) is 7.89. The number of aromatic nitrogens is 1. The van der Waals surface area contributed by atoms with Gasteiger partial charge in [-0.05, 0) is 54.3 Å². The second-order valence-corrected chi connectivity index (χ2v) is 5.44. The minimum Gasteiger partial charge on any atom is -0.497 e. The van der Waals surface area contributed by atoms with Gasteiger partial charge in [0.25, 0.3) is 0 Å². The summed E-state index contributed by atoms with van der Waals surface area (Å²) in [5.74, 6) is 1.38. The van der Waals surface area contributed by atoms with E-state index >= 15 is 0 Å². The molecular weight excluding hydrogens is 340 g/mol. The van der Waals surface area contributed by atoms with Gasteiger partial charge in [0.1, 0.15) is 5.75 Å². The van der Waals surface area contributed by atoms with Crippen molar-refractivity contribution in [2.24, 2.45) is 0 Å². The molecule has 1 fully saturated rings. The Labute approximate surface area is 132 Å². The van der Waals surface area contributed by atoms with Crippen molar-refractivity contribution < 1.29 is 9.84 Å². The zero-order valence-electron chi connectivity index (χ0n) is 11.1. The van der Waals surface area contributed by atoms with Crippen LogP contribution in [0, 0.1) is 0 Å². The lowest BCUT2D eigenvalue weighted by Crippen LogP contribution is -2.08. The van der Waals surface area contributed by atoms with Gasteiger partial charge in [-0.2, -0.15) is 4.37 Å². The molecule has 1 unspecified atom stereocenters. The summed E-state index contributed by atoms with van der Waals surface area (Å²) >= 11 is 1.36. The van der Waals surface area contributed by atoms with Crippen molar-refractivity contribution in [1.29, 1.82) is 0 Å². The van der Waals surface area contributed by atoms with Crippen LogP contribution in [0.4, 0.5) is 0 Å². The maximum absolute atomic E-state index is 10.0. The molecule has 2 heterocycles. The molecule has 0 radical (unpaired) electrons. The normalized spacial score (nSPS) is 17.8. The maximum atomic E-state index is 10.0. The molecule has 2 N–H and O–H groups in total. The van der Waals surface area contributed by atoms with Gasteiger partial charge in [0.15, 0.2) is 0 Å². The molecule has 1 atom stereocenters. The zero-order chi connectivity index (χ0) is 13.2. The summed E-state index contributed by atoms with van der Waals surface area (Å²) in [5, 5.41) is 13.3. The molecule has 20 heavy (non-hydrogen) atoms. The average molecular weight is 357 g/mol. The van der Waals surface area contributed by atoms with E-state index in [0.717, 1.165) is 41.3 Å². The van der Waals surface area contributed by atoms with Crippen LogP contribution in [0.2, 0.25) is 0 Å². The first-order valence-electron chi connectivity index (χ1n) is 6.33. The van der Waals surface area contributed by atoms with Gasteiger partial charge >= 0.3 is 0 Å². The SMILES string of the molecule is Br.COc1ccc(-c2snc(O)c2C2CCNC2)cc1. The fourth-order valence-electron chi connectivity index (χ4n) is 2.51. The van der Waals surface area contributed by atoms with Crippen molar-refractivity contribution in [3.63, 3.8) is 0 Å². The zero-order valence-corrected chi connectivity index (χ0v) is 13.7. The summed E-state index contributed by atoms with van der Waals surface area (Å²) in [5.41, 5.74) is 2.07. The second-order valence-electron chi connectivity index (χ2n) is 4.67. The van der Waals surface area contributed by atoms with Gasteiger partial charge in [-0.25, -0.2) is 0 Å². The number of rotatable bonds is 3. The Kier molecular flexibility index (Phi) is 5.01. The predicted molar refractivity (Wildman–Crippen MR) is 86.3 cm³/mol. The highest BCUT2D eigenvalue weighted by molar-refractivity contribution is 8.93. The molecule has 0 spiro atoms. The fourth-order valence-corrected chi connectivity index (χ4v) is 3.38. The highest BCUT2D eigenvalue weighted by Crippen LogP contribution is 2.41. The third-order valence-corrected chi connectivity index (χ3v) is 4.43. The van der Waals surface area contributed by atoms with Crippen molar-refractivity contribution in [1.82, 2.24) is 9.69 Å². The largest absolute Gasteiger partial charge is 0.497 e. The summed E-state index contributed by atoms with van der Waals surface area (Å²) in [6.45, 7) is 1.91. The highest BCUT2D eigenvalue weighted by Gasteiger charge is 2.26. The standard InChI is InChI=1S/C14H16N2O2S.BrH/c1-18-11-4-2-9(3-5-11)13-12(14(17)16-19-13)10-6-7-15-8-10;/h2-5,10,15H,6-8H2,1H3,(H,16,17);1H. The van der Waals surface area contributed by atoms with Crippen molar-refractivity contribution in [2.45, 2.75) is 12.3 Å². The molecule has 1 aliphatic rings. The van der Waals surface area contributed by atoms with E-state index in [4.69, 9.17) is 4.74 Å². The van der Waals surface area contributed by atoms with Crippen LogP contribution >= 0.6 is 28.5 Å². The summed E-state index contributed by atoms with van der Waals surface area (Å²) in [7, 11) is 1.66. The van der Waals surface area contributed by atoms with Crippen LogP contribution in [0.3, 0.4) is 0 Å². The molecule has 2 aromatic rings. The minimum atomic E-state index is 0. The molecule has 1 aromatic carbocycles. The van der Waals surface area contributed by atoms with Crippen LogP contribution in [0.5, 0.6) is 11.6 Å². The van der Waals surface area contributed by atoms with Crippen LogP contribution in [0.15, 0.2) is 24.3 Å². The van der Waals surface area contributed by atoms with E-state index in [1.54, 1.807) is 7.11 Å². The van der Waals surface area contributed by atoms with Crippen molar-refractivity contribution in [3.8, 4) is 22.1 Å². The van der Waals surface area contributed by atoms with Crippen molar-refractivity contribution in [2.75, 3.05) is 20.2 Å². The Bertz CT molecular complexity index is 565. The van der Waals surface area contributed by atoms with Crippen LogP contribution in [0.25, 0.3) is 10.4 Å². The minimum absolute atomic E-state index is 0. The molecule has 1 aliphatic heterocycles. The molecule has 0 aliphatic carbocycles. The predicted octanol–water partition coefficient (Wildman–Crippen LogP) is 3.18. The lowest BCUT2D eigenvalue weighted by molar-refractivity contribution is 0.415. The first-order chi connectivity index (χ1) is 9.29. The Balaban J connectivity index is 0.00000147. The molecule has 4 nitrogen and oxygen atoms in total. The second kappa shape index (κ2) is 6.56. The van der Waals surface area contributed by atoms with E-state index in [0.29, 0.717) is 5.92 Å². The third kappa shape index (κ3) is 2.82. The first-order valence-corrected chi connectivity index (χ1v) is 7.10. The van der Waals surface area contributed by atoms with E-state index in [2.05, 4.69) is 9.69 Å². The third-order valence-electron chi connectivity index (χ3n) is 3.53. The molecule has 6 heteroatoms. The van der Waals surface area contributed by atoms with Crippen molar-refractivity contribution >= 4 is 28.5 Å². The topological polar surface area (TPSA) is 54.4 Å². The van der Waals surface area contributed by atoms with Gasteiger partial charge in [0.2, 0.25) is 5.88 Å². The molecular formula is C14H17BrN2O2S. The van der Waals surface area contributed by atoms with Crippen LogP contribution in [-0.2, 0) is 0 Å². The van der Waals surface area contributed by atoms with Gasteiger partial charge in [-0.1, -0.05) is 0 Å². The monoisotopic (exact) mass is 356 g/mol. The molecule has 108 valence electrons. The fraction of sp³-hybridized carbons (Fsp3) is 0.357. The molecule has 1 saturated heterocycles. The van der Waals surface area contributed by atoms with Gasteiger partial charge in [-0.3, -0.25) is 0 Å². The van der Waals surface area contributed by atoms with E-state index in [1.165, 1.54) is 11.5 Å². The maximum Gasteiger partial charge on any atom is 0.226 e. The Morgan fingerprint density at radius 2 is 2.10 bits per heavy atom. The quantitative estimate of drug-likeness (QED) is 0.886. The van der Waals surface area contributed by atoms with E-state index in [1.807, 2.05) is 24.3 Å². The van der Waals surface area contributed by atoms with Gasteiger partial charge in [0, 0.05) is 18.0 Å². The van der Waals surface area contributed by atoms with Gasteiger partial charge < -0.3 is 15.2 Å².